The first-order chi connectivity index (χ1) is 10.2. The summed E-state index contributed by atoms with van der Waals surface area (Å²) in [4.78, 5) is 1.18. The van der Waals surface area contributed by atoms with Crippen molar-refractivity contribution in [3.63, 3.8) is 0 Å². The molecule has 4 aromatic rings. The van der Waals surface area contributed by atoms with E-state index in [-0.39, 0.29) is 0 Å². The number of aromatic nitrogens is 1. The first-order valence-corrected chi connectivity index (χ1v) is 8.87. The summed E-state index contributed by atoms with van der Waals surface area (Å²) in [6.45, 7) is 0. The third kappa shape index (κ3) is 1.22. The van der Waals surface area contributed by atoms with Crippen molar-refractivity contribution in [2.75, 3.05) is 0 Å². The van der Waals surface area contributed by atoms with Crippen LogP contribution in [0.25, 0.3) is 32.2 Å². The molecule has 0 bridgehead atoms. The molecule has 0 saturated heterocycles. The molecule has 0 amide bonds. The Morgan fingerprint density at radius 1 is 0.857 bits per heavy atom. The first-order valence-electron chi connectivity index (χ1n) is 6.55. The molecule has 0 aliphatic carbocycles. The van der Waals surface area contributed by atoms with E-state index in [1.54, 1.807) is 12.1 Å². The zero-order valence-corrected chi connectivity index (χ0v) is 12.4. The maximum Gasteiger partial charge on any atom is 0.270 e. The number of thiophene rings is 1. The van der Waals surface area contributed by atoms with E-state index in [0.717, 1.165) is 32.2 Å². The zero-order valence-electron chi connectivity index (χ0n) is 10.8. The van der Waals surface area contributed by atoms with E-state index in [9.17, 15) is 8.42 Å². The molecule has 2 aromatic carbocycles. The quantitative estimate of drug-likeness (QED) is 0.432. The van der Waals surface area contributed by atoms with E-state index in [0.29, 0.717) is 4.90 Å². The molecule has 102 valence electrons. The fraction of sp³-hybridized carbons (Fsp3) is 0. The van der Waals surface area contributed by atoms with Crippen molar-refractivity contribution in [2.24, 2.45) is 0 Å². The van der Waals surface area contributed by atoms with Gasteiger partial charge in [-0.3, -0.25) is 0 Å². The Morgan fingerprint density at radius 3 is 2.57 bits per heavy atom. The van der Waals surface area contributed by atoms with E-state index >= 15 is 0 Å². The highest BCUT2D eigenvalue weighted by Gasteiger charge is 2.32. The molecule has 0 unspecified atom stereocenters. The van der Waals surface area contributed by atoms with E-state index in [1.807, 2.05) is 41.8 Å². The Hall–Kier alpha value is -2.11. The summed E-state index contributed by atoms with van der Waals surface area (Å²) >= 11 is 1.47. The number of fused-ring (bicyclic) bond motifs is 5. The summed E-state index contributed by atoms with van der Waals surface area (Å²) in [6, 6.07) is 15.2. The Bertz CT molecular complexity index is 1150. The minimum atomic E-state index is -3.53. The van der Waals surface area contributed by atoms with Crippen LogP contribution < -0.4 is 0 Å². The van der Waals surface area contributed by atoms with Gasteiger partial charge in [-0.15, -0.1) is 11.3 Å². The standard InChI is InChI=1S/C16H9NO2S2/c18-21(19)14-7-2-1-4-10(14)11-5-3-6-12-13-8-9-20-16(13)17(21)15(11)12/h1-9H. The third-order valence-corrected chi connectivity index (χ3v) is 6.83. The van der Waals surface area contributed by atoms with Gasteiger partial charge in [-0.2, -0.15) is 0 Å². The number of nitrogens with zero attached hydrogens (tertiary/aromatic N) is 1. The van der Waals surface area contributed by atoms with Gasteiger partial charge in [0.1, 0.15) is 4.83 Å². The second kappa shape index (κ2) is 3.55. The van der Waals surface area contributed by atoms with Crippen molar-refractivity contribution in [2.45, 2.75) is 4.90 Å². The maximum absolute atomic E-state index is 13.0. The van der Waals surface area contributed by atoms with Gasteiger partial charge in [0.05, 0.1) is 10.4 Å². The van der Waals surface area contributed by atoms with Crippen LogP contribution in [-0.2, 0) is 10.0 Å². The molecule has 0 radical (unpaired) electrons. The van der Waals surface area contributed by atoms with E-state index < -0.39 is 10.0 Å². The summed E-state index contributed by atoms with van der Waals surface area (Å²) in [5.74, 6) is 0. The normalized spacial score (nSPS) is 15.4. The number of benzene rings is 2. The van der Waals surface area contributed by atoms with Crippen LogP contribution in [0.15, 0.2) is 58.8 Å². The highest BCUT2D eigenvalue weighted by Crippen LogP contribution is 2.45. The lowest BCUT2D eigenvalue weighted by molar-refractivity contribution is 0.590. The fourth-order valence-corrected chi connectivity index (χ4v) is 6.11. The summed E-state index contributed by atoms with van der Waals surface area (Å²) < 4.78 is 27.6. The van der Waals surface area contributed by atoms with Crippen LogP contribution in [-0.4, -0.2) is 12.4 Å². The number of para-hydroxylation sites is 1. The lowest BCUT2D eigenvalue weighted by Gasteiger charge is -2.19. The predicted molar refractivity (Wildman–Crippen MR) is 85.3 cm³/mol. The summed E-state index contributed by atoms with van der Waals surface area (Å²) in [6.07, 6.45) is 0. The second-order valence-corrected chi connectivity index (χ2v) is 7.76. The molecule has 0 N–H and O–H groups in total. The Kier molecular flexibility index (Phi) is 1.95. The molecule has 0 fully saturated rings. The van der Waals surface area contributed by atoms with Crippen molar-refractivity contribution in [1.82, 2.24) is 3.97 Å². The lowest BCUT2D eigenvalue weighted by atomic mass is 10.0. The summed E-state index contributed by atoms with van der Waals surface area (Å²) in [7, 11) is -3.53. The van der Waals surface area contributed by atoms with Gasteiger partial charge < -0.3 is 0 Å². The highest BCUT2D eigenvalue weighted by molar-refractivity contribution is 7.90. The molecule has 2 aromatic heterocycles. The zero-order chi connectivity index (χ0) is 14.2. The smallest absolute Gasteiger partial charge is 0.223 e. The van der Waals surface area contributed by atoms with Crippen LogP contribution in [0.5, 0.6) is 0 Å². The van der Waals surface area contributed by atoms with Gasteiger partial charge in [0, 0.05) is 21.9 Å². The molecule has 5 rings (SSSR count). The monoisotopic (exact) mass is 311 g/mol. The predicted octanol–water partition coefficient (Wildman–Crippen LogP) is 4.07. The van der Waals surface area contributed by atoms with Crippen molar-refractivity contribution in [1.29, 1.82) is 0 Å². The Labute approximate surface area is 125 Å². The molecule has 0 saturated carbocycles. The number of rotatable bonds is 0. The second-order valence-electron chi connectivity index (χ2n) is 5.11. The highest BCUT2D eigenvalue weighted by atomic mass is 32.2. The van der Waals surface area contributed by atoms with Crippen LogP contribution in [0.3, 0.4) is 0 Å². The molecule has 21 heavy (non-hydrogen) atoms. The van der Waals surface area contributed by atoms with Crippen LogP contribution >= 0.6 is 11.3 Å². The first kappa shape index (κ1) is 11.5. The minimum absolute atomic E-state index is 0.385. The maximum atomic E-state index is 13.0. The van der Waals surface area contributed by atoms with Crippen molar-refractivity contribution in [3.8, 4) is 11.1 Å². The molecule has 0 atom stereocenters. The van der Waals surface area contributed by atoms with Gasteiger partial charge in [-0.05, 0) is 17.5 Å². The van der Waals surface area contributed by atoms with Crippen molar-refractivity contribution < 1.29 is 8.42 Å². The molecule has 1 aliphatic rings. The molecular weight excluding hydrogens is 302 g/mol. The Balaban J connectivity index is 2.20. The Morgan fingerprint density at radius 2 is 1.67 bits per heavy atom. The van der Waals surface area contributed by atoms with E-state index in [4.69, 9.17) is 0 Å². The van der Waals surface area contributed by atoms with Gasteiger partial charge in [0.2, 0.25) is 0 Å². The molecular formula is C16H9NO2S2. The lowest BCUT2D eigenvalue weighted by Crippen LogP contribution is -2.17. The number of hydrogen-bond donors (Lipinski definition) is 0. The fourth-order valence-electron chi connectivity index (χ4n) is 3.20. The van der Waals surface area contributed by atoms with Crippen molar-refractivity contribution in [3.05, 3.63) is 53.9 Å². The van der Waals surface area contributed by atoms with Crippen molar-refractivity contribution >= 4 is 42.5 Å². The minimum Gasteiger partial charge on any atom is -0.223 e. The van der Waals surface area contributed by atoms with Crippen LogP contribution in [0, 0.1) is 0 Å². The molecule has 1 aliphatic heterocycles. The topological polar surface area (TPSA) is 39.1 Å². The van der Waals surface area contributed by atoms with E-state index in [1.165, 1.54) is 15.3 Å². The molecule has 3 nitrogen and oxygen atoms in total. The van der Waals surface area contributed by atoms with E-state index in [2.05, 4.69) is 0 Å². The SMILES string of the molecule is O=S1(=O)c2ccccc2-c2cccc3c4ccsc4n1c23. The van der Waals surface area contributed by atoms with Gasteiger partial charge in [0.15, 0.2) is 0 Å². The average Bonchev–Trinajstić information content (AvgIpc) is 3.06. The third-order valence-electron chi connectivity index (χ3n) is 4.05. The average molecular weight is 311 g/mol. The summed E-state index contributed by atoms with van der Waals surface area (Å²) in [5, 5.41) is 3.95. The van der Waals surface area contributed by atoms with Gasteiger partial charge in [-0.1, -0.05) is 36.4 Å². The molecule has 0 spiro atoms. The van der Waals surface area contributed by atoms with Crippen LogP contribution in [0.2, 0.25) is 0 Å². The van der Waals surface area contributed by atoms with Crippen LogP contribution in [0.4, 0.5) is 0 Å². The van der Waals surface area contributed by atoms with Gasteiger partial charge >= 0.3 is 0 Å². The van der Waals surface area contributed by atoms with Crippen LogP contribution in [0.1, 0.15) is 0 Å². The number of hydrogen-bond acceptors (Lipinski definition) is 3. The summed E-state index contributed by atoms with van der Waals surface area (Å²) in [5.41, 5.74) is 2.58. The molecule has 5 heteroatoms. The largest absolute Gasteiger partial charge is 0.270 e. The molecule has 3 heterocycles. The van der Waals surface area contributed by atoms with Gasteiger partial charge in [0.25, 0.3) is 10.0 Å². The van der Waals surface area contributed by atoms with Gasteiger partial charge in [-0.25, -0.2) is 12.4 Å².